The van der Waals surface area contributed by atoms with Crippen LogP contribution in [-0.4, -0.2) is 12.6 Å². The van der Waals surface area contributed by atoms with Crippen LogP contribution in [-0.2, 0) is 9.53 Å². The fourth-order valence-electron chi connectivity index (χ4n) is 0.950. The number of halogens is 1. The smallest absolute Gasteiger partial charge is 0.349 e. The van der Waals surface area contributed by atoms with Gasteiger partial charge in [0, 0.05) is 0 Å². The first-order chi connectivity index (χ1) is 7.20. The fraction of sp³-hybridized carbons (Fsp3) is 0.0833. The van der Waals surface area contributed by atoms with Crippen molar-refractivity contribution in [2.45, 2.75) is 0 Å². The lowest BCUT2D eigenvalue weighted by Crippen LogP contribution is -2.02. The van der Waals surface area contributed by atoms with E-state index in [4.69, 9.17) is 16.3 Å². The van der Waals surface area contributed by atoms with Crippen molar-refractivity contribution >= 4 is 23.6 Å². The Labute approximate surface area is 93.8 Å². The van der Waals surface area contributed by atoms with Crippen LogP contribution < -0.4 is 0 Å². The number of benzene rings is 1. The second-order valence-corrected chi connectivity index (χ2v) is 3.27. The van der Waals surface area contributed by atoms with Crippen molar-refractivity contribution in [3.63, 3.8) is 0 Å². The van der Waals surface area contributed by atoms with Gasteiger partial charge in [-0.3, -0.25) is 0 Å². The first kappa shape index (κ1) is 11.5. The number of rotatable bonds is 4. The van der Waals surface area contributed by atoms with Crippen LogP contribution in [0.25, 0.3) is 6.08 Å². The van der Waals surface area contributed by atoms with Crippen LogP contribution in [0.5, 0.6) is 0 Å². The number of carbonyl (C=O) groups is 1. The predicted octanol–water partition coefficient (Wildman–Crippen LogP) is 3.00. The Balaban J connectivity index is 2.35. The summed E-state index contributed by atoms with van der Waals surface area (Å²) in [5.74, 6) is -0.589. The molecule has 0 spiro atoms. The van der Waals surface area contributed by atoms with Crippen LogP contribution >= 0.6 is 11.6 Å². The molecule has 78 valence electrons. The van der Waals surface area contributed by atoms with Crippen LogP contribution in [0.1, 0.15) is 5.56 Å². The van der Waals surface area contributed by atoms with E-state index in [0.717, 1.165) is 5.56 Å². The molecule has 0 aliphatic rings. The van der Waals surface area contributed by atoms with Gasteiger partial charge in [-0.1, -0.05) is 54.6 Å². The molecule has 1 rings (SSSR count). The summed E-state index contributed by atoms with van der Waals surface area (Å²) in [7, 11) is 0. The molecule has 0 amide bonds. The molecule has 0 unspecified atom stereocenters. The SMILES string of the molecule is C=C(Cl)C(=O)OCC=Cc1ccccc1. The quantitative estimate of drug-likeness (QED) is 0.578. The molecule has 0 N–H and O–H groups in total. The molecule has 1 aromatic carbocycles. The second-order valence-electron chi connectivity index (χ2n) is 2.82. The number of esters is 1. The van der Waals surface area contributed by atoms with Crippen LogP contribution in [0, 0.1) is 0 Å². The third kappa shape index (κ3) is 4.47. The van der Waals surface area contributed by atoms with Gasteiger partial charge in [-0.15, -0.1) is 0 Å². The molecule has 0 aliphatic carbocycles. The average Bonchev–Trinajstić information content (AvgIpc) is 2.25. The third-order valence-corrected chi connectivity index (χ3v) is 1.80. The minimum Gasteiger partial charge on any atom is -0.457 e. The van der Waals surface area contributed by atoms with E-state index in [1.54, 1.807) is 6.08 Å². The van der Waals surface area contributed by atoms with Crippen molar-refractivity contribution < 1.29 is 9.53 Å². The van der Waals surface area contributed by atoms with Gasteiger partial charge in [-0.25, -0.2) is 4.79 Å². The summed E-state index contributed by atoms with van der Waals surface area (Å²) < 4.78 is 4.77. The molecule has 0 atom stereocenters. The number of hydrogen-bond acceptors (Lipinski definition) is 2. The Morgan fingerprint density at radius 2 is 2.07 bits per heavy atom. The third-order valence-electron chi connectivity index (χ3n) is 1.64. The summed E-state index contributed by atoms with van der Waals surface area (Å²) >= 11 is 5.33. The summed E-state index contributed by atoms with van der Waals surface area (Å²) in [6.45, 7) is 3.45. The maximum atomic E-state index is 10.9. The summed E-state index contributed by atoms with van der Waals surface area (Å²) in [4.78, 5) is 10.9. The highest BCUT2D eigenvalue weighted by atomic mass is 35.5. The molecule has 0 saturated heterocycles. The van der Waals surface area contributed by atoms with Gasteiger partial charge in [-0.05, 0) is 11.6 Å². The lowest BCUT2D eigenvalue weighted by atomic mass is 10.2. The average molecular weight is 223 g/mol. The summed E-state index contributed by atoms with van der Waals surface area (Å²) in [5, 5.41) is -0.108. The van der Waals surface area contributed by atoms with Gasteiger partial charge in [-0.2, -0.15) is 0 Å². The molecule has 0 aliphatic heterocycles. The molecule has 0 heterocycles. The largest absolute Gasteiger partial charge is 0.457 e. The van der Waals surface area contributed by atoms with Crippen molar-refractivity contribution in [2.24, 2.45) is 0 Å². The van der Waals surface area contributed by atoms with Crippen molar-refractivity contribution in [1.82, 2.24) is 0 Å². The molecule has 0 bridgehead atoms. The zero-order valence-corrected chi connectivity index (χ0v) is 8.91. The van der Waals surface area contributed by atoms with Gasteiger partial charge in [0.15, 0.2) is 0 Å². The zero-order valence-electron chi connectivity index (χ0n) is 8.15. The number of ether oxygens (including phenoxy) is 1. The van der Waals surface area contributed by atoms with Gasteiger partial charge < -0.3 is 4.74 Å². The van der Waals surface area contributed by atoms with Crippen LogP contribution in [0.4, 0.5) is 0 Å². The van der Waals surface area contributed by atoms with Crippen LogP contribution in [0.2, 0.25) is 0 Å². The highest BCUT2D eigenvalue weighted by molar-refractivity contribution is 6.40. The number of carbonyl (C=O) groups excluding carboxylic acids is 1. The molecule has 0 fully saturated rings. The Bertz CT molecular complexity index is 368. The molecule has 15 heavy (non-hydrogen) atoms. The van der Waals surface area contributed by atoms with Gasteiger partial charge in [0.2, 0.25) is 0 Å². The molecule has 2 nitrogen and oxygen atoms in total. The zero-order chi connectivity index (χ0) is 11.1. The maximum absolute atomic E-state index is 10.9. The van der Waals surface area contributed by atoms with Crippen molar-refractivity contribution in [1.29, 1.82) is 0 Å². The predicted molar refractivity (Wildman–Crippen MR) is 61.4 cm³/mol. The van der Waals surface area contributed by atoms with Gasteiger partial charge in [0.1, 0.15) is 11.6 Å². The topological polar surface area (TPSA) is 26.3 Å². The molecule has 0 aromatic heterocycles. The highest BCUT2D eigenvalue weighted by Gasteiger charge is 2.02. The van der Waals surface area contributed by atoms with E-state index in [-0.39, 0.29) is 11.6 Å². The van der Waals surface area contributed by atoms with Crippen LogP contribution in [0.3, 0.4) is 0 Å². The van der Waals surface area contributed by atoms with E-state index < -0.39 is 5.97 Å². The molecule has 0 saturated carbocycles. The number of hydrogen-bond donors (Lipinski definition) is 0. The lowest BCUT2D eigenvalue weighted by Gasteiger charge is -1.98. The van der Waals surface area contributed by atoms with Gasteiger partial charge in [0.05, 0.1) is 0 Å². The van der Waals surface area contributed by atoms with E-state index in [1.165, 1.54) is 0 Å². The molecule has 0 radical (unpaired) electrons. The first-order valence-electron chi connectivity index (χ1n) is 4.43. The van der Waals surface area contributed by atoms with E-state index in [9.17, 15) is 4.79 Å². The first-order valence-corrected chi connectivity index (χ1v) is 4.81. The lowest BCUT2D eigenvalue weighted by molar-refractivity contribution is -0.136. The van der Waals surface area contributed by atoms with E-state index in [1.807, 2.05) is 36.4 Å². The normalized spacial score (nSPS) is 10.2. The minimum atomic E-state index is -0.589. The summed E-state index contributed by atoms with van der Waals surface area (Å²) in [6.07, 6.45) is 3.61. The Kier molecular flexibility index (Phi) is 4.64. The van der Waals surface area contributed by atoms with Gasteiger partial charge >= 0.3 is 5.97 Å². The highest BCUT2D eigenvalue weighted by Crippen LogP contribution is 2.02. The van der Waals surface area contributed by atoms with E-state index >= 15 is 0 Å². The summed E-state index contributed by atoms with van der Waals surface area (Å²) in [5.41, 5.74) is 1.05. The van der Waals surface area contributed by atoms with E-state index in [2.05, 4.69) is 6.58 Å². The van der Waals surface area contributed by atoms with E-state index in [0.29, 0.717) is 0 Å². The van der Waals surface area contributed by atoms with Crippen molar-refractivity contribution in [3.05, 3.63) is 53.6 Å². The molecule has 1 aromatic rings. The molecule has 3 heteroatoms. The Hall–Kier alpha value is -1.54. The Morgan fingerprint density at radius 3 is 2.67 bits per heavy atom. The van der Waals surface area contributed by atoms with Crippen molar-refractivity contribution in [2.75, 3.05) is 6.61 Å². The molecular formula is C12H11ClO2. The standard InChI is InChI=1S/C12H11ClO2/c1-10(13)12(14)15-9-5-8-11-6-3-2-4-7-11/h2-8H,1,9H2. The molecular weight excluding hydrogens is 212 g/mol. The maximum Gasteiger partial charge on any atom is 0.349 e. The second kappa shape index (κ2) is 6.04. The summed E-state index contributed by atoms with van der Waals surface area (Å²) in [6, 6.07) is 9.73. The monoisotopic (exact) mass is 222 g/mol. The fourth-order valence-corrected chi connectivity index (χ4v) is 1.01. The minimum absolute atomic E-state index is 0.108. The van der Waals surface area contributed by atoms with Crippen LogP contribution in [0.15, 0.2) is 48.0 Å². The van der Waals surface area contributed by atoms with Crippen molar-refractivity contribution in [3.8, 4) is 0 Å². The Morgan fingerprint density at radius 1 is 1.40 bits per heavy atom. The van der Waals surface area contributed by atoms with Gasteiger partial charge in [0.25, 0.3) is 0 Å².